The first-order valence-electron chi connectivity index (χ1n) is 9.70. The van der Waals surface area contributed by atoms with Gasteiger partial charge in [0, 0.05) is 37.9 Å². The van der Waals surface area contributed by atoms with Crippen LogP contribution in [0.2, 0.25) is 0 Å². The molecule has 0 radical (unpaired) electrons. The number of aryl methyl sites for hydroxylation is 2. The Kier molecular flexibility index (Phi) is 10.1. The van der Waals surface area contributed by atoms with Crippen molar-refractivity contribution in [1.29, 1.82) is 0 Å². The topological polar surface area (TPSA) is 83.3 Å². The minimum atomic E-state index is -0.0835. The summed E-state index contributed by atoms with van der Waals surface area (Å²) in [6.45, 7) is 9.69. The number of nitrogens with one attached hydrogen (secondary N) is 3. The zero-order valence-corrected chi connectivity index (χ0v) is 20.5. The molecule has 1 aromatic heterocycles. The summed E-state index contributed by atoms with van der Waals surface area (Å²) in [5.41, 5.74) is 5.26. The molecule has 0 aliphatic heterocycles. The summed E-state index contributed by atoms with van der Waals surface area (Å²) >= 11 is 0. The van der Waals surface area contributed by atoms with Crippen LogP contribution < -0.4 is 16.0 Å². The zero-order valence-electron chi connectivity index (χ0n) is 18.2. The molecule has 0 saturated heterocycles. The number of carbonyl (C=O) groups is 1. The Balaban J connectivity index is 0.00000420. The molecule has 1 atom stereocenters. The average molecular weight is 512 g/mol. The van der Waals surface area contributed by atoms with Gasteiger partial charge in [-0.05, 0) is 57.4 Å². The van der Waals surface area contributed by atoms with E-state index in [0.29, 0.717) is 12.1 Å². The van der Waals surface area contributed by atoms with Crippen molar-refractivity contribution < 1.29 is 4.79 Å². The predicted octanol–water partition coefficient (Wildman–Crippen LogP) is 2.70. The van der Waals surface area contributed by atoms with Crippen molar-refractivity contribution in [1.82, 2.24) is 25.7 Å². The number of rotatable bonds is 7. The Hall–Kier alpha value is -2.10. The Morgan fingerprint density at radius 2 is 1.90 bits per heavy atom. The second-order valence-corrected chi connectivity index (χ2v) is 6.99. The third-order valence-electron chi connectivity index (χ3n) is 4.76. The van der Waals surface area contributed by atoms with Gasteiger partial charge < -0.3 is 16.0 Å². The first kappa shape index (κ1) is 24.9. The minimum absolute atomic E-state index is 0. The van der Waals surface area contributed by atoms with Crippen LogP contribution in [0, 0.1) is 13.8 Å². The van der Waals surface area contributed by atoms with Crippen LogP contribution in [0.25, 0.3) is 0 Å². The number of guanidine groups is 1. The summed E-state index contributed by atoms with van der Waals surface area (Å²) in [5.74, 6) is 0.699. The fourth-order valence-corrected chi connectivity index (χ4v) is 3.10. The number of benzene rings is 1. The standard InChI is InChI=1S/C21H32N6O.HI/c1-7-23-21(24-13-17-8-10-18(11-9-17)20(28)22-5)25-14(2)12-19-15(3)26-27(6)16(19)4;/h8-11,14H,7,12-13H2,1-6H3,(H,22,28)(H2,23,24,25);1H. The lowest BCUT2D eigenvalue weighted by Gasteiger charge is -2.18. The molecular formula is C21H33IN6O. The van der Waals surface area contributed by atoms with Crippen molar-refractivity contribution in [2.45, 2.75) is 46.7 Å². The molecular weight excluding hydrogens is 479 g/mol. The summed E-state index contributed by atoms with van der Waals surface area (Å²) < 4.78 is 1.93. The highest BCUT2D eigenvalue weighted by Gasteiger charge is 2.14. The van der Waals surface area contributed by atoms with Crippen molar-refractivity contribution >= 4 is 35.8 Å². The van der Waals surface area contributed by atoms with Crippen molar-refractivity contribution in [2.75, 3.05) is 13.6 Å². The maximum absolute atomic E-state index is 11.6. The number of aromatic nitrogens is 2. The van der Waals surface area contributed by atoms with Crippen LogP contribution in [-0.4, -0.2) is 41.3 Å². The van der Waals surface area contributed by atoms with E-state index < -0.39 is 0 Å². The fraction of sp³-hybridized carbons (Fsp3) is 0.476. The fourth-order valence-electron chi connectivity index (χ4n) is 3.10. The highest BCUT2D eigenvalue weighted by molar-refractivity contribution is 14.0. The first-order valence-corrected chi connectivity index (χ1v) is 9.70. The molecule has 0 spiro atoms. The molecule has 1 aromatic carbocycles. The average Bonchev–Trinajstić information content (AvgIpc) is 2.92. The van der Waals surface area contributed by atoms with Gasteiger partial charge in [-0.1, -0.05) is 12.1 Å². The Labute approximate surface area is 190 Å². The summed E-state index contributed by atoms with van der Waals surface area (Å²) in [7, 11) is 3.61. The van der Waals surface area contributed by atoms with E-state index in [4.69, 9.17) is 0 Å². The molecule has 0 aliphatic carbocycles. The maximum Gasteiger partial charge on any atom is 0.251 e. The molecule has 7 nitrogen and oxygen atoms in total. The van der Waals surface area contributed by atoms with E-state index in [1.807, 2.05) is 36.0 Å². The Bertz CT molecular complexity index is 828. The lowest BCUT2D eigenvalue weighted by atomic mass is 10.1. The van der Waals surface area contributed by atoms with Crippen molar-refractivity contribution in [3.63, 3.8) is 0 Å². The van der Waals surface area contributed by atoms with Crippen LogP contribution >= 0.6 is 24.0 Å². The molecule has 8 heteroatoms. The molecule has 160 valence electrons. The molecule has 2 rings (SSSR count). The molecule has 29 heavy (non-hydrogen) atoms. The maximum atomic E-state index is 11.6. The van der Waals surface area contributed by atoms with Crippen LogP contribution in [0.4, 0.5) is 0 Å². The van der Waals surface area contributed by atoms with E-state index >= 15 is 0 Å². The number of halogens is 1. The third kappa shape index (κ3) is 7.02. The van der Waals surface area contributed by atoms with Gasteiger partial charge in [0.2, 0.25) is 0 Å². The summed E-state index contributed by atoms with van der Waals surface area (Å²) in [6.07, 6.45) is 0.886. The number of nitrogens with zero attached hydrogens (tertiary/aromatic N) is 3. The van der Waals surface area contributed by atoms with Crippen LogP contribution in [0.15, 0.2) is 29.3 Å². The summed E-state index contributed by atoms with van der Waals surface area (Å²) in [4.78, 5) is 16.3. The van der Waals surface area contributed by atoms with E-state index in [2.05, 4.69) is 53.7 Å². The molecule has 0 saturated carbocycles. The van der Waals surface area contributed by atoms with Gasteiger partial charge in [0.25, 0.3) is 5.91 Å². The van der Waals surface area contributed by atoms with Crippen molar-refractivity contribution in [3.05, 3.63) is 52.3 Å². The smallest absolute Gasteiger partial charge is 0.251 e. The van der Waals surface area contributed by atoms with E-state index in [0.717, 1.165) is 30.2 Å². The SMILES string of the molecule is CCNC(=NCc1ccc(C(=O)NC)cc1)NC(C)Cc1c(C)nn(C)c1C.I. The quantitative estimate of drug-likeness (QED) is 0.303. The molecule has 3 N–H and O–H groups in total. The van der Waals surface area contributed by atoms with Gasteiger partial charge >= 0.3 is 0 Å². The number of hydrogen-bond donors (Lipinski definition) is 3. The van der Waals surface area contributed by atoms with Gasteiger partial charge in [0.15, 0.2) is 5.96 Å². The molecule has 0 aliphatic rings. The largest absolute Gasteiger partial charge is 0.357 e. The molecule has 2 aromatic rings. The Morgan fingerprint density at radius 1 is 1.24 bits per heavy atom. The van der Waals surface area contributed by atoms with Crippen molar-refractivity contribution in [3.8, 4) is 0 Å². The van der Waals surface area contributed by atoms with Crippen LogP contribution in [0.3, 0.4) is 0 Å². The van der Waals surface area contributed by atoms with Gasteiger partial charge in [-0.2, -0.15) is 5.10 Å². The number of hydrogen-bond acceptors (Lipinski definition) is 3. The normalized spacial score (nSPS) is 12.1. The second kappa shape index (κ2) is 11.8. The van der Waals surface area contributed by atoms with E-state index in [1.54, 1.807) is 7.05 Å². The van der Waals surface area contributed by atoms with Gasteiger partial charge in [0.05, 0.1) is 12.2 Å². The summed E-state index contributed by atoms with van der Waals surface area (Å²) in [5, 5.41) is 13.9. The number of carbonyl (C=O) groups excluding carboxylic acids is 1. The van der Waals surface area contributed by atoms with Gasteiger partial charge in [-0.25, -0.2) is 4.99 Å². The molecule has 1 heterocycles. The monoisotopic (exact) mass is 512 g/mol. The highest BCUT2D eigenvalue weighted by Crippen LogP contribution is 2.14. The first-order chi connectivity index (χ1) is 13.3. The van der Waals surface area contributed by atoms with Gasteiger partial charge in [-0.3, -0.25) is 9.48 Å². The third-order valence-corrected chi connectivity index (χ3v) is 4.76. The molecule has 0 fully saturated rings. The second-order valence-electron chi connectivity index (χ2n) is 6.99. The summed E-state index contributed by atoms with van der Waals surface area (Å²) in [6, 6.07) is 7.73. The van der Waals surface area contributed by atoms with Crippen LogP contribution in [0.5, 0.6) is 0 Å². The van der Waals surface area contributed by atoms with Crippen LogP contribution in [-0.2, 0) is 20.0 Å². The molecule has 1 amide bonds. The van der Waals surface area contributed by atoms with Crippen molar-refractivity contribution in [2.24, 2.45) is 12.0 Å². The number of amides is 1. The van der Waals surface area contributed by atoms with E-state index in [9.17, 15) is 4.79 Å². The predicted molar refractivity (Wildman–Crippen MR) is 129 cm³/mol. The molecule has 0 bridgehead atoms. The van der Waals surface area contributed by atoms with Gasteiger partial charge in [0.1, 0.15) is 0 Å². The van der Waals surface area contributed by atoms with Gasteiger partial charge in [-0.15, -0.1) is 24.0 Å². The zero-order chi connectivity index (χ0) is 20.7. The minimum Gasteiger partial charge on any atom is -0.357 e. The van der Waals surface area contributed by atoms with E-state index in [1.165, 1.54) is 11.3 Å². The lowest BCUT2D eigenvalue weighted by molar-refractivity contribution is 0.0963. The number of aliphatic imine (C=N–C) groups is 1. The highest BCUT2D eigenvalue weighted by atomic mass is 127. The van der Waals surface area contributed by atoms with E-state index in [-0.39, 0.29) is 35.9 Å². The van der Waals surface area contributed by atoms with Crippen LogP contribution in [0.1, 0.15) is 46.7 Å². The Morgan fingerprint density at radius 3 is 2.41 bits per heavy atom. The lowest BCUT2D eigenvalue weighted by Crippen LogP contribution is -2.43. The molecule has 1 unspecified atom stereocenters.